The van der Waals surface area contributed by atoms with Gasteiger partial charge in [-0.3, -0.25) is 4.79 Å². The molecule has 0 heterocycles. The van der Waals surface area contributed by atoms with Gasteiger partial charge in [0.25, 0.3) is 0 Å². The molecule has 3 rings (SSSR count). The molecule has 0 saturated carbocycles. The van der Waals surface area contributed by atoms with Gasteiger partial charge in [0.1, 0.15) is 0 Å². The number of amides is 1. The predicted octanol–water partition coefficient (Wildman–Crippen LogP) is 4.00. The SMILES string of the molecule is O=CN(Cc1ccccc1)Cc1cccc2ccccc12. The van der Waals surface area contributed by atoms with Crippen molar-refractivity contribution in [1.29, 1.82) is 0 Å². The van der Waals surface area contributed by atoms with E-state index in [2.05, 4.69) is 24.3 Å². The number of carbonyl (C=O) groups is 1. The molecule has 0 unspecified atom stereocenters. The summed E-state index contributed by atoms with van der Waals surface area (Å²) in [4.78, 5) is 13.2. The Morgan fingerprint density at radius 2 is 1.48 bits per heavy atom. The maximum atomic E-state index is 11.4. The second-order valence-electron chi connectivity index (χ2n) is 5.13. The van der Waals surface area contributed by atoms with Crippen LogP contribution in [0.5, 0.6) is 0 Å². The highest BCUT2D eigenvalue weighted by Crippen LogP contribution is 2.20. The third-order valence-electron chi connectivity index (χ3n) is 3.63. The normalized spacial score (nSPS) is 10.5. The molecule has 0 aliphatic carbocycles. The van der Waals surface area contributed by atoms with Gasteiger partial charge in [-0.2, -0.15) is 0 Å². The van der Waals surface area contributed by atoms with Gasteiger partial charge in [-0.1, -0.05) is 72.8 Å². The fraction of sp³-hybridized carbons (Fsp3) is 0.105. The number of rotatable bonds is 5. The number of nitrogens with zero attached hydrogens (tertiary/aromatic N) is 1. The zero-order valence-electron chi connectivity index (χ0n) is 11.8. The van der Waals surface area contributed by atoms with E-state index in [9.17, 15) is 4.79 Å². The molecule has 0 saturated heterocycles. The molecule has 1 amide bonds. The second kappa shape index (κ2) is 6.23. The summed E-state index contributed by atoms with van der Waals surface area (Å²) in [5, 5.41) is 2.42. The Labute approximate surface area is 124 Å². The molecule has 0 N–H and O–H groups in total. The summed E-state index contributed by atoms with van der Waals surface area (Å²) >= 11 is 0. The van der Waals surface area contributed by atoms with Crippen molar-refractivity contribution in [2.45, 2.75) is 13.1 Å². The molecule has 0 radical (unpaired) electrons. The molecule has 2 heteroatoms. The van der Waals surface area contributed by atoms with Crippen LogP contribution < -0.4 is 0 Å². The predicted molar refractivity (Wildman–Crippen MR) is 85.7 cm³/mol. The molecule has 0 fully saturated rings. The van der Waals surface area contributed by atoms with Gasteiger partial charge in [0, 0.05) is 13.1 Å². The molecule has 104 valence electrons. The molecule has 0 bridgehead atoms. The summed E-state index contributed by atoms with van der Waals surface area (Å²) in [5.74, 6) is 0. The van der Waals surface area contributed by atoms with Gasteiger partial charge in [-0.25, -0.2) is 0 Å². The monoisotopic (exact) mass is 275 g/mol. The van der Waals surface area contributed by atoms with Gasteiger partial charge in [0.05, 0.1) is 0 Å². The van der Waals surface area contributed by atoms with Crippen molar-refractivity contribution >= 4 is 17.2 Å². The van der Waals surface area contributed by atoms with E-state index in [1.54, 1.807) is 4.90 Å². The lowest BCUT2D eigenvalue weighted by molar-refractivity contribution is -0.119. The Morgan fingerprint density at radius 1 is 0.762 bits per heavy atom. The topological polar surface area (TPSA) is 20.3 Å². The summed E-state index contributed by atoms with van der Waals surface area (Å²) in [6, 6.07) is 24.6. The number of hydrogen-bond donors (Lipinski definition) is 0. The maximum absolute atomic E-state index is 11.4. The van der Waals surface area contributed by atoms with Crippen molar-refractivity contribution in [1.82, 2.24) is 4.90 Å². The first-order chi connectivity index (χ1) is 10.4. The van der Waals surface area contributed by atoms with Crippen LogP contribution in [0.1, 0.15) is 11.1 Å². The summed E-state index contributed by atoms with van der Waals surface area (Å²) in [6.07, 6.45) is 0.925. The molecule has 2 nitrogen and oxygen atoms in total. The van der Waals surface area contributed by atoms with E-state index in [4.69, 9.17) is 0 Å². The molecule has 0 aliphatic rings. The molecule has 3 aromatic rings. The Morgan fingerprint density at radius 3 is 2.29 bits per heavy atom. The van der Waals surface area contributed by atoms with E-state index in [-0.39, 0.29) is 0 Å². The highest BCUT2D eigenvalue weighted by molar-refractivity contribution is 5.85. The van der Waals surface area contributed by atoms with E-state index in [0.29, 0.717) is 13.1 Å². The molecule has 21 heavy (non-hydrogen) atoms. The zero-order valence-corrected chi connectivity index (χ0v) is 11.8. The fourth-order valence-electron chi connectivity index (χ4n) is 2.60. The van der Waals surface area contributed by atoms with Crippen molar-refractivity contribution in [3.8, 4) is 0 Å². The van der Waals surface area contributed by atoms with E-state index in [0.717, 1.165) is 12.0 Å². The highest BCUT2D eigenvalue weighted by atomic mass is 16.1. The van der Waals surface area contributed by atoms with Crippen LogP contribution in [-0.2, 0) is 17.9 Å². The van der Waals surface area contributed by atoms with Crippen LogP contribution in [0.3, 0.4) is 0 Å². The Hall–Kier alpha value is -2.61. The van der Waals surface area contributed by atoms with Gasteiger partial charge in [-0.05, 0) is 21.9 Å². The summed E-state index contributed by atoms with van der Waals surface area (Å²) < 4.78 is 0. The third-order valence-corrected chi connectivity index (χ3v) is 3.63. The molecule has 0 atom stereocenters. The summed E-state index contributed by atoms with van der Waals surface area (Å²) in [6.45, 7) is 1.26. The number of hydrogen-bond acceptors (Lipinski definition) is 1. The first-order valence-electron chi connectivity index (χ1n) is 7.07. The fourth-order valence-corrected chi connectivity index (χ4v) is 2.60. The smallest absolute Gasteiger partial charge is 0.210 e. The average Bonchev–Trinajstić information content (AvgIpc) is 2.55. The van der Waals surface area contributed by atoms with Crippen molar-refractivity contribution in [2.75, 3.05) is 0 Å². The average molecular weight is 275 g/mol. The van der Waals surface area contributed by atoms with Crippen LogP contribution in [0.15, 0.2) is 72.8 Å². The Balaban J connectivity index is 1.84. The first-order valence-corrected chi connectivity index (χ1v) is 7.07. The summed E-state index contributed by atoms with van der Waals surface area (Å²) in [7, 11) is 0. The van der Waals surface area contributed by atoms with E-state index in [1.165, 1.54) is 16.3 Å². The van der Waals surface area contributed by atoms with Gasteiger partial charge in [-0.15, -0.1) is 0 Å². The van der Waals surface area contributed by atoms with Crippen molar-refractivity contribution in [3.05, 3.63) is 83.9 Å². The van der Waals surface area contributed by atoms with Crippen molar-refractivity contribution in [3.63, 3.8) is 0 Å². The molecule has 0 aliphatic heterocycles. The lowest BCUT2D eigenvalue weighted by atomic mass is 10.0. The molecule has 0 aromatic heterocycles. The van der Waals surface area contributed by atoms with Crippen LogP contribution in [0.25, 0.3) is 10.8 Å². The second-order valence-corrected chi connectivity index (χ2v) is 5.13. The number of benzene rings is 3. The largest absolute Gasteiger partial charge is 0.337 e. The molecular weight excluding hydrogens is 258 g/mol. The lowest BCUT2D eigenvalue weighted by Crippen LogP contribution is -2.20. The Kier molecular flexibility index (Phi) is 3.97. The first kappa shape index (κ1) is 13.4. The van der Waals surface area contributed by atoms with Gasteiger partial charge in [0.2, 0.25) is 6.41 Å². The van der Waals surface area contributed by atoms with E-state index >= 15 is 0 Å². The number of carbonyl (C=O) groups excluding carboxylic acids is 1. The summed E-state index contributed by atoms with van der Waals surface area (Å²) in [5.41, 5.74) is 2.32. The maximum Gasteiger partial charge on any atom is 0.210 e. The minimum Gasteiger partial charge on any atom is -0.337 e. The minimum atomic E-state index is 0.625. The van der Waals surface area contributed by atoms with Crippen LogP contribution in [-0.4, -0.2) is 11.3 Å². The number of fused-ring (bicyclic) bond motifs is 1. The van der Waals surface area contributed by atoms with Gasteiger partial charge in [0.15, 0.2) is 0 Å². The van der Waals surface area contributed by atoms with E-state index in [1.807, 2.05) is 48.5 Å². The molecule has 0 spiro atoms. The minimum absolute atomic E-state index is 0.625. The van der Waals surface area contributed by atoms with Crippen molar-refractivity contribution < 1.29 is 4.79 Å². The van der Waals surface area contributed by atoms with Gasteiger partial charge >= 0.3 is 0 Å². The van der Waals surface area contributed by atoms with Crippen LogP contribution in [0.4, 0.5) is 0 Å². The lowest BCUT2D eigenvalue weighted by Gasteiger charge is -2.18. The standard InChI is InChI=1S/C19H17NO/c21-15-20(13-16-7-2-1-3-8-16)14-18-11-6-10-17-9-4-5-12-19(17)18/h1-12,15H,13-14H2. The quantitative estimate of drug-likeness (QED) is 0.644. The Bertz CT molecular complexity index is 731. The third kappa shape index (κ3) is 3.11. The van der Waals surface area contributed by atoms with E-state index < -0.39 is 0 Å². The molecule has 3 aromatic carbocycles. The highest BCUT2D eigenvalue weighted by Gasteiger charge is 2.07. The zero-order chi connectivity index (χ0) is 14.5. The van der Waals surface area contributed by atoms with Gasteiger partial charge < -0.3 is 4.90 Å². The van der Waals surface area contributed by atoms with Crippen LogP contribution in [0.2, 0.25) is 0 Å². The molecular formula is C19H17NO. The van der Waals surface area contributed by atoms with Crippen LogP contribution >= 0.6 is 0 Å². The van der Waals surface area contributed by atoms with Crippen molar-refractivity contribution in [2.24, 2.45) is 0 Å². The van der Waals surface area contributed by atoms with Crippen LogP contribution in [0, 0.1) is 0 Å².